The fraction of sp³-hybridized carbons (Fsp3) is 0.750. The summed E-state index contributed by atoms with van der Waals surface area (Å²) in [6, 6.07) is 0. The van der Waals surface area contributed by atoms with E-state index in [9.17, 15) is 14.4 Å². The van der Waals surface area contributed by atoms with E-state index in [0.717, 1.165) is 0 Å². The molecule has 0 unspecified atom stereocenters. The van der Waals surface area contributed by atoms with Crippen LogP contribution in [0.3, 0.4) is 0 Å². The van der Waals surface area contributed by atoms with E-state index in [1.807, 2.05) is 0 Å². The highest BCUT2D eigenvalue weighted by molar-refractivity contribution is 5.90. The van der Waals surface area contributed by atoms with Gasteiger partial charge in [-0.1, -0.05) is 6.92 Å². The van der Waals surface area contributed by atoms with Crippen LogP contribution in [0.25, 0.3) is 0 Å². The van der Waals surface area contributed by atoms with E-state index in [4.69, 9.17) is 4.74 Å². The van der Waals surface area contributed by atoms with Crippen molar-refractivity contribution in [3.8, 4) is 0 Å². The van der Waals surface area contributed by atoms with Gasteiger partial charge in [0, 0.05) is 31.3 Å². The fourth-order valence-corrected chi connectivity index (χ4v) is 2.13. The molecular formula is C12H19NO4. The van der Waals surface area contributed by atoms with Gasteiger partial charge in [0.1, 0.15) is 11.6 Å². The molecule has 1 aliphatic rings. The zero-order valence-corrected chi connectivity index (χ0v) is 10.6. The second-order valence-electron chi connectivity index (χ2n) is 4.51. The number of amides is 1. The maximum atomic E-state index is 11.9. The van der Waals surface area contributed by atoms with E-state index in [1.165, 1.54) is 11.8 Å². The Morgan fingerprint density at radius 1 is 1.41 bits per heavy atom. The third kappa shape index (κ3) is 3.54. The van der Waals surface area contributed by atoms with Crippen LogP contribution in [0, 0.1) is 11.8 Å². The number of likely N-dealkylation sites (tertiary alicyclic amines) is 1. The van der Waals surface area contributed by atoms with Gasteiger partial charge in [0.15, 0.2) is 0 Å². The lowest BCUT2D eigenvalue weighted by Gasteiger charge is -2.34. The van der Waals surface area contributed by atoms with Gasteiger partial charge in [-0.05, 0) is 13.8 Å². The molecule has 1 heterocycles. The molecule has 1 rings (SSSR count). The Bertz CT molecular complexity index is 326. The SMILES string of the molecule is CCOC(=O)N1C[C@H](CC(C)=O)C(=O)[C@H](C)C1. The van der Waals surface area contributed by atoms with Gasteiger partial charge in [-0.25, -0.2) is 4.79 Å². The summed E-state index contributed by atoms with van der Waals surface area (Å²) in [5.74, 6) is -0.555. The topological polar surface area (TPSA) is 63.7 Å². The normalized spacial score (nSPS) is 24.6. The second-order valence-corrected chi connectivity index (χ2v) is 4.51. The lowest BCUT2D eigenvalue weighted by molar-refractivity contribution is -0.133. The van der Waals surface area contributed by atoms with E-state index >= 15 is 0 Å². The van der Waals surface area contributed by atoms with Crippen molar-refractivity contribution in [1.82, 2.24) is 4.90 Å². The number of hydrogen-bond acceptors (Lipinski definition) is 4. The van der Waals surface area contributed by atoms with Crippen LogP contribution in [0.2, 0.25) is 0 Å². The summed E-state index contributed by atoms with van der Waals surface area (Å²) in [5.41, 5.74) is 0. The summed E-state index contributed by atoms with van der Waals surface area (Å²) in [6.07, 6.45) is -0.195. The first-order valence-electron chi connectivity index (χ1n) is 5.90. The third-order valence-corrected chi connectivity index (χ3v) is 2.88. The molecule has 0 radical (unpaired) electrons. The molecule has 1 saturated heterocycles. The minimum absolute atomic E-state index is 0.0266. The van der Waals surface area contributed by atoms with E-state index in [2.05, 4.69) is 0 Å². The van der Waals surface area contributed by atoms with E-state index in [1.54, 1.807) is 13.8 Å². The fourth-order valence-electron chi connectivity index (χ4n) is 2.13. The molecule has 1 amide bonds. The number of rotatable bonds is 3. The highest BCUT2D eigenvalue weighted by Crippen LogP contribution is 2.21. The number of ether oxygens (including phenoxy) is 1. The molecule has 0 N–H and O–H groups in total. The quantitative estimate of drug-likeness (QED) is 0.746. The summed E-state index contributed by atoms with van der Waals surface area (Å²) in [7, 11) is 0. The van der Waals surface area contributed by atoms with Gasteiger partial charge in [-0.3, -0.25) is 4.79 Å². The van der Waals surface area contributed by atoms with Crippen LogP contribution < -0.4 is 0 Å². The second kappa shape index (κ2) is 5.80. The molecule has 0 saturated carbocycles. The number of piperidine rings is 1. The zero-order chi connectivity index (χ0) is 13.0. The van der Waals surface area contributed by atoms with Crippen LogP contribution >= 0.6 is 0 Å². The number of nitrogens with zero attached hydrogens (tertiary/aromatic N) is 1. The van der Waals surface area contributed by atoms with Gasteiger partial charge in [0.2, 0.25) is 0 Å². The molecular weight excluding hydrogens is 222 g/mol. The third-order valence-electron chi connectivity index (χ3n) is 2.88. The van der Waals surface area contributed by atoms with Gasteiger partial charge in [0.05, 0.1) is 6.61 Å². The van der Waals surface area contributed by atoms with Gasteiger partial charge < -0.3 is 14.4 Å². The molecule has 1 aliphatic heterocycles. The Kier molecular flexibility index (Phi) is 4.66. The Balaban J connectivity index is 2.69. The molecule has 0 aliphatic carbocycles. The first-order chi connectivity index (χ1) is 7.95. The Hall–Kier alpha value is -1.39. The van der Waals surface area contributed by atoms with Crippen molar-refractivity contribution in [3.05, 3.63) is 0 Å². The van der Waals surface area contributed by atoms with E-state index in [-0.39, 0.29) is 29.8 Å². The monoisotopic (exact) mass is 241 g/mol. The summed E-state index contributed by atoms with van der Waals surface area (Å²) in [4.78, 5) is 36.0. The standard InChI is InChI=1S/C12H19NO4/c1-4-17-12(16)13-6-8(2)11(15)10(7-13)5-9(3)14/h8,10H,4-7H2,1-3H3/t8-,10+/m1/s1. The van der Waals surface area contributed by atoms with Crippen LogP contribution in [0.5, 0.6) is 0 Å². The highest BCUT2D eigenvalue weighted by atomic mass is 16.6. The van der Waals surface area contributed by atoms with Crippen molar-refractivity contribution in [2.24, 2.45) is 11.8 Å². The average Bonchev–Trinajstić information content (AvgIpc) is 2.24. The van der Waals surface area contributed by atoms with Crippen molar-refractivity contribution in [2.45, 2.75) is 27.2 Å². The number of ketones is 2. The van der Waals surface area contributed by atoms with Crippen molar-refractivity contribution in [1.29, 1.82) is 0 Å². The number of carbonyl (C=O) groups excluding carboxylic acids is 3. The summed E-state index contributed by atoms with van der Waals surface area (Å²) in [6.45, 7) is 5.97. The van der Waals surface area contributed by atoms with Gasteiger partial charge in [0.25, 0.3) is 0 Å². The molecule has 5 heteroatoms. The minimum atomic E-state index is -0.402. The largest absolute Gasteiger partial charge is 0.450 e. The molecule has 5 nitrogen and oxygen atoms in total. The number of hydrogen-bond donors (Lipinski definition) is 0. The maximum Gasteiger partial charge on any atom is 0.409 e. The average molecular weight is 241 g/mol. The van der Waals surface area contributed by atoms with Crippen molar-refractivity contribution in [2.75, 3.05) is 19.7 Å². The van der Waals surface area contributed by atoms with Crippen LogP contribution in [0.1, 0.15) is 27.2 Å². The summed E-state index contributed by atoms with van der Waals surface area (Å²) >= 11 is 0. The Morgan fingerprint density at radius 3 is 2.59 bits per heavy atom. The molecule has 0 aromatic heterocycles. The Morgan fingerprint density at radius 2 is 2.06 bits per heavy atom. The predicted octanol–water partition coefficient (Wildman–Crippen LogP) is 1.26. The number of Topliss-reactive ketones (excluding diaryl/α,β-unsaturated/α-hetero) is 2. The van der Waals surface area contributed by atoms with Crippen molar-refractivity contribution >= 4 is 17.7 Å². The molecule has 0 aromatic rings. The summed E-state index contributed by atoms with van der Waals surface area (Å²) < 4.78 is 4.91. The zero-order valence-electron chi connectivity index (χ0n) is 10.6. The van der Waals surface area contributed by atoms with Crippen LogP contribution in [-0.2, 0) is 14.3 Å². The maximum absolute atomic E-state index is 11.9. The van der Waals surface area contributed by atoms with Gasteiger partial charge in [-0.2, -0.15) is 0 Å². The molecule has 1 fully saturated rings. The van der Waals surface area contributed by atoms with Crippen molar-refractivity contribution < 1.29 is 19.1 Å². The van der Waals surface area contributed by atoms with Gasteiger partial charge >= 0.3 is 6.09 Å². The lowest BCUT2D eigenvalue weighted by Crippen LogP contribution is -2.49. The van der Waals surface area contributed by atoms with Crippen LogP contribution in [0.4, 0.5) is 4.79 Å². The smallest absolute Gasteiger partial charge is 0.409 e. The van der Waals surface area contributed by atoms with E-state index in [0.29, 0.717) is 19.7 Å². The predicted molar refractivity (Wildman–Crippen MR) is 61.6 cm³/mol. The molecule has 0 bridgehead atoms. The molecule has 96 valence electrons. The lowest BCUT2D eigenvalue weighted by atomic mass is 9.86. The molecule has 0 aromatic carbocycles. The van der Waals surface area contributed by atoms with Crippen LogP contribution in [0.15, 0.2) is 0 Å². The van der Waals surface area contributed by atoms with Crippen LogP contribution in [-0.4, -0.2) is 42.3 Å². The first-order valence-corrected chi connectivity index (χ1v) is 5.90. The van der Waals surface area contributed by atoms with Crippen molar-refractivity contribution in [3.63, 3.8) is 0 Å². The Labute approximate surface area is 101 Å². The molecule has 0 spiro atoms. The highest BCUT2D eigenvalue weighted by Gasteiger charge is 2.35. The summed E-state index contributed by atoms with van der Waals surface area (Å²) in [5, 5.41) is 0. The minimum Gasteiger partial charge on any atom is -0.450 e. The number of carbonyl (C=O) groups is 3. The first kappa shape index (κ1) is 13.7. The molecule has 17 heavy (non-hydrogen) atoms. The van der Waals surface area contributed by atoms with E-state index < -0.39 is 6.09 Å². The van der Waals surface area contributed by atoms with Gasteiger partial charge in [-0.15, -0.1) is 0 Å². The molecule has 2 atom stereocenters.